The van der Waals surface area contributed by atoms with E-state index in [4.69, 9.17) is 32.7 Å². The zero-order valence-corrected chi connectivity index (χ0v) is 13.4. The Morgan fingerprint density at radius 3 is 2.60 bits per heavy atom. The van der Waals surface area contributed by atoms with Crippen molar-refractivity contribution < 1.29 is 9.47 Å². The first-order chi connectivity index (χ1) is 9.61. The van der Waals surface area contributed by atoms with Gasteiger partial charge in [-0.1, -0.05) is 29.3 Å². The van der Waals surface area contributed by atoms with Crippen LogP contribution in [-0.2, 0) is 15.9 Å². The first kappa shape index (κ1) is 16.1. The van der Waals surface area contributed by atoms with E-state index in [1.165, 1.54) is 0 Å². The van der Waals surface area contributed by atoms with Crippen LogP contribution in [0.5, 0.6) is 0 Å². The summed E-state index contributed by atoms with van der Waals surface area (Å²) in [6.45, 7) is 1.47. The van der Waals surface area contributed by atoms with Crippen molar-refractivity contribution >= 4 is 23.2 Å². The maximum atomic E-state index is 6.28. The van der Waals surface area contributed by atoms with Gasteiger partial charge in [0.15, 0.2) is 0 Å². The summed E-state index contributed by atoms with van der Waals surface area (Å²) in [5.74, 6) is 0. The largest absolute Gasteiger partial charge is 0.381 e. The highest BCUT2D eigenvalue weighted by atomic mass is 35.5. The highest BCUT2D eigenvalue weighted by Gasteiger charge is 2.40. The van der Waals surface area contributed by atoms with Crippen LogP contribution in [0.15, 0.2) is 18.2 Å². The lowest BCUT2D eigenvalue weighted by atomic mass is 9.82. The van der Waals surface area contributed by atoms with E-state index in [1.54, 1.807) is 13.2 Å². The Bertz CT molecular complexity index is 447. The topological polar surface area (TPSA) is 30.5 Å². The smallest absolute Gasteiger partial charge is 0.0877 e. The number of benzene rings is 1. The molecule has 1 heterocycles. The van der Waals surface area contributed by atoms with Gasteiger partial charge < -0.3 is 14.8 Å². The van der Waals surface area contributed by atoms with Crippen molar-refractivity contribution in [2.75, 3.05) is 27.4 Å². The molecule has 0 radical (unpaired) electrons. The van der Waals surface area contributed by atoms with Gasteiger partial charge in [0.05, 0.1) is 5.60 Å². The van der Waals surface area contributed by atoms with E-state index in [0.29, 0.717) is 10.0 Å². The Morgan fingerprint density at radius 1 is 1.35 bits per heavy atom. The molecule has 1 aliphatic rings. The molecular weight excluding hydrogens is 297 g/mol. The lowest BCUT2D eigenvalue weighted by Crippen LogP contribution is -2.55. The number of halogens is 2. The van der Waals surface area contributed by atoms with Gasteiger partial charge in [0.2, 0.25) is 0 Å². The van der Waals surface area contributed by atoms with Crippen LogP contribution in [0.1, 0.15) is 18.4 Å². The van der Waals surface area contributed by atoms with Gasteiger partial charge in [0, 0.05) is 49.3 Å². The second kappa shape index (κ2) is 7.10. The molecule has 20 heavy (non-hydrogen) atoms. The monoisotopic (exact) mass is 317 g/mol. The van der Waals surface area contributed by atoms with Crippen molar-refractivity contribution in [3.8, 4) is 0 Å². The Labute approximate surface area is 130 Å². The lowest BCUT2D eigenvalue weighted by molar-refractivity contribution is -0.109. The first-order valence-electron chi connectivity index (χ1n) is 6.85. The average molecular weight is 318 g/mol. The maximum absolute atomic E-state index is 6.28. The predicted octanol–water partition coefficient (Wildman–Crippen LogP) is 3.32. The van der Waals surface area contributed by atoms with Gasteiger partial charge in [0.1, 0.15) is 0 Å². The molecule has 0 aromatic heterocycles. The summed E-state index contributed by atoms with van der Waals surface area (Å²) in [6.07, 6.45) is 2.58. The third-order valence-corrected chi connectivity index (χ3v) is 4.76. The molecule has 0 spiro atoms. The van der Waals surface area contributed by atoms with Crippen molar-refractivity contribution in [3.05, 3.63) is 33.8 Å². The molecule has 1 N–H and O–H groups in total. The average Bonchev–Trinajstić information content (AvgIpc) is 2.47. The summed E-state index contributed by atoms with van der Waals surface area (Å²) in [5.41, 5.74) is 0.883. The van der Waals surface area contributed by atoms with Gasteiger partial charge >= 0.3 is 0 Å². The molecule has 0 saturated carbocycles. The fraction of sp³-hybridized carbons (Fsp3) is 0.600. The molecule has 0 amide bonds. The van der Waals surface area contributed by atoms with Crippen LogP contribution in [0.3, 0.4) is 0 Å². The van der Waals surface area contributed by atoms with Gasteiger partial charge in [-0.3, -0.25) is 0 Å². The van der Waals surface area contributed by atoms with Gasteiger partial charge in [-0.15, -0.1) is 0 Å². The van der Waals surface area contributed by atoms with Crippen LogP contribution in [-0.4, -0.2) is 39.0 Å². The first-order valence-corrected chi connectivity index (χ1v) is 7.61. The standard InChI is InChI=1S/C15H21Cl2NO2/c1-18-14(15(19-2)5-7-20-8-6-15)9-11-3-4-12(16)10-13(11)17/h3-4,10,14,18H,5-9H2,1-2H3. The molecule has 0 bridgehead atoms. The minimum absolute atomic E-state index is 0.190. The third-order valence-electron chi connectivity index (χ3n) is 4.17. The number of nitrogens with one attached hydrogen (secondary N) is 1. The van der Waals surface area contributed by atoms with Gasteiger partial charge in [-0.05, 0) is 31.2 Å². The number of ether oxygens (including phenoxy) is 2. The molecule has 112 valence electrons. The minimum atomic E-state index is -0.198. The Kier molecular flexibility index (Phi) is 5.70. The van der Waals surface area contributed by atoms with E-state index in [1.807, 2.05) is 19.2 Å². The molecule has 2 rings (SSSR count). The van der Waals surface area contributed by atoms with E-state index in [-0.39, 0.29) is 11.6 Å². The number of rotatable bonds is 5. The molecule has 1 aromatic rings. The van der Waals surface area contributed by atoms with Crippen LogP contribution in [0, 0.1) is 0 Å². The summed E-state index contributed by atoms with van der Waals surface area (Å²) in [6, 6.07) is 5.83. The molecule has 1 unspecified atom stereocenters. The van der Waals surface area contributed by atoms with Crippen molar-refractivity contribution in [1.29, 1.82) is 0 Å². The fourth-order valence-electron chi connectivity index (χ4n) is 2.87. The van der Waals surface area contributed by atoms with Gasteiger partial charge in [0.25, 0.3) is 0 Å². The van der Waals surface area contributed by atoms with Gasteiger partial charge in [-0.2, -0.15) is 0 Å². The van der Waals surface area contributed by atoms with Crippen molar-refractivity contribution in [2.24, 2.45) is 0 Å². The zero-order chi connectivity index (χ0) is 14.6. The Balaban J connectivity index is 2.18. The predicted molar refractivity (Wildman–Crippen MR) is 82.8 cm³/mol. The van der Waals surface area contributed by atoms with Crippen LogP contribution in [0.2, 0.25) is 10.0 Å². The molecular formula is C15H21Cl2NO2. The van der Waals surface area contributed by atoms with E-state index in [0.717, 1.165) is 38.0 Å². The van der Waals surface area contributed by atoms with E-state index in [2.05, 4.69) is 5.32 Å². The van der Waals surface area contributed by atoms with Crippen molar-refractivity contribution in [1.82, 2.24) is 5.32 Å². The summed E-state index contributed by atoms with van der Waals surface area (Å²) >= 11 is 12.2. The van der Waals surface area contributed by atoms with Crippen LogP contribution < -0.4 is 5.32 Å². The SMILES string of the molecule is CNC(Cc1ccc(Cl)cc1Cl)C1(OC)CCOCC1. The highest BCUT2D eigenvalue weighted by Crippen LogP contribution is 2.32. The molecule has 1 aliphatic heterocycles. The van der Waals surface area contributed by atoms with Crippen molar-refractivity contribution in [3.63, 3.8) is 0 Å². The Morgan fingerprint density at radius 2 is 2.05 bits per heavy atom. The lowest BCUT2D eigenvalue weighted by Gasteiger charge is -2.42. The van der Waals surface area contributed by atoms with Crippen LogP contribution in [0.25, 0.3) is 0 Å². The molecule has 5 heteroatoms. The fourth-order valence-corrected chi connectivity index (χ4v) is 3.36. The number of hydrogen-bond acceptors (Lipinski definition) is 3. The van der Waals surface area contributed by atoms with E-state index < -0.39 is 0 Å². The third kappa shape index (κ3) is 3.46. The summed E-state index contributed by atoms with van der Waals surface area (Å²) in [7, 11) is 3.74. The quantitative estimate of drug-likeness (QED) is 0.903. The number of hydrogen-bond donors (Lipinski definition) is 1. The van der Waals surface area contributed by atoms with Crippen LogP contribution in [0.4, 0.5) is 0 Å². The molecule has 0 aliphatic carbocycles. The maximum Gasteiger partial charge on any atom is 0.0877 e. The number of likely N-dealkylation sites (N-methyl/N-ethyl adjacent to an activating group) is 1. The van der Waals surface area contributed by atoms with Crippen LogP contribution >= 0.6 is 23.2 Å². The summed E-state index contributed by atoms with van der Waals surface area (Å²) in [4.78, 5) is 0. The van der Waals surface area contributed by atoms with E-state index >= 15 is 0 Å². The molecule has 1 saturated heterocycles. The zero-order valence-electron chi connectivity index (χ0n) is 11.9. The summed E-state index contributed by atoms with van der Waals surface area (Å²) < 4.78 is 11.3. The summed E-state index contributed by atoms with van der Waals surface area (Å²) in [5, 5.41) is 4.75. The second-order valence-electron chi connectivity index (χ2n) is 5.16. The van der Waals surface area contributed by atoms with E-state index in [9.17, 15) is 0 Å². The highest BCUT2D eigenvalue weighted by molar-refractivity contribution is 6.35. The second-order valence-corrected chi connectivity index (χ2v) is 6.01. The number of methoxy groups -OCH3 is 1. The minimum Gasteiger partial charge on any atom is -0.381 e. The molecule has 1 atom stereocenters. The molecule has 1 aromatic carbocycles. The normalized spacial score (nSPS) is 19.8. The van der Waals surface area contributed by atoms with Crippen molar-refractivity contribution in [2.45, 2.75) is 30.9 Å². The molecule has 3 nitrogen and oxygen atoms in total. The van der Waals surface area contributed by atoms with Gasteiger partial charge in [-0.25, -0.2) is 0 Å². The molecule has 1 fully saturated rings. The Hall–Kier alpha value is -0.320.